The van der Waals surface area contributed by atoms with E-state index in [1.54, 1.807) is 53.4 Å². The summed E-state index contributed by atoms with van der Waals surface area (Å²) >= 11 is 0. The average molecular weight is 488 g/mol. The smallest absolute Gasteiger partial charge is 0.261 e. The highest BCUT2D eigenvalue weighted by molar-refractivity contribution is 6.21. The molecular formula is C27H25N3O6. The fourth-order valence-electron chi connectivity index (χ4n) is 4.66. The average Bonchev–Trinajstić information content (AvgIpc) is 3.53. The van der Waals surface area contributed by atoms with Crippen molar-refractivity contribution >= 4 is 23.6 Å². The van der Waals surface area contributed by atoms with Gasteiger partial charge in [-0.05, 0) is 48.7 Å². The van der Waals surface area contributed by atoms with Gasteiger partial charge in [-0.15, -0.1) is 0 Å². The molecule has 0 saturated carbocycles. The topological polar surface area (TPSA) is 109 Å². The summed E-state index contributed by atoms with van der Waals surface area (Å²) in [5, 5.41) is 3.03. The lowest BCUT2D eigenvalue weighted by atomic mass is 10.0. The number of rotatable bonds is 6. The van der Waals surface area contributed by atoms with Gasteiger partial charge < -0.3 is 19.4 Å². The first kappa shape index (κ1) is 23.3. The first-order valence-corrected chi connectivity index (χ1v) is 11.7. The quantitative estimate of drug-likeness (QED) is 0.535. The Morgan fingerprint density at radius 3 is 2.33 bits per heavy atom. The van der Waals surface area contributed by atoms with E-state index in [0.29, 0.717) is 59.5 Å². The van der Waals surface area contributed by atoms with Crippen LogP contribution in [-0.2, 0) is 6.54 Å². The number of hydrogen-bond acceptors (Lipinski definition) is 6. The van der Waals surface area contributed by atoms with Crippen molar-refractivity contribution in [3.05, 3.63) is 88.9 Å². The van der Waals surface area contributed by atoms with Crippen LogP contribution < -0.4 is 10.1 Å². The molecule has 0 spiro atoms. The molecule has 184 valence electrons. The number of carbonyl (C=O) groups is 4. The molecule has 0 radical (unpaired) electrons. The number of ether oxygens (including phenoxy) is 1. The first-order chi connectivity index (χ1) is 17.5. The van der Waals surface area contributed by atoms with Crippen molar-refractivity contribution in [2.24, 2.45) is 0 Å². The summed E-state index contributed by atoms with van der Waals surface area (Å²) in [4.78, 5) is 54.1. The zero-order chi connectivity index (χ0) is 25.2. The van der Waals surface area contributed by atoms with Gasteiger partial charge in [-0.3, -0.25) is 24.1 Å². The number of carbonyl (C=O) groups excluding carboxylic acids is 4. The number of likely N-dealkylation sites (tertiary alicyclic amines) is 1. The second-order valence-electron chi connectivity index (χ2n) is 8.83. The standard InChI is InChI=1S/C27H25N3O6/c1-35-23-7-6-17(15-30-26(33)20-4-2-3-5-21(20)27(30)34)14-22(23)24(31)28-19-8-11-29(12-9-19)25(32)18-10-13-36-16-18/h2-7,10,13-14,16,19H,8-9,11-12,15H2,1H3,(H,28,31). The number of piperidine rings is 1. The zero-order valence-electron chi connectivity index (χ0n) is 19.7. The maximum atomic E-state index is 13.2. The maximum Gasteiger partial charge on any atom is 0.261 e. The molecule has 36 heavy (non-hydrogen) atoms. The molecule has 3 aromatic rings. The molecule has 1 aromatic heterocycles. The Labute approximate surface area is 207 Å². The molecule has 9 nitrogen and oxygen atoms in total. The van der Waals surface area contributed by atoms with Crippen LogP contribution in [0.2, 0.25) is 0 Å². The second kappa shape index (κ2) is 9.69. The number of methoxy groups -OCH3 is 1. The third-order valence-electron chi connectivity index (χ3n) is 6.61. The van der Waals surface area contributed by atoms with Crippen LogP contribution in [0.25, 0.3) is 0 Å². The molecule has 1 fully saturated rings. The minimum atomic E-state index is -0.353. The van der Waals surface area contributed by atoms with E-state index in [1.807, 2.05) is 0 Å². The Bertz CT molecular complexity index is 1290. The van der Waals surface area contributed by atoms with Gasteiger partial charge in [-0.25, -0.2) is 0 Å². The molecule has 0 unspecified atom stereocenters. The molecule has 9 heteroatoms. The van der Waals surface area contributed by atoms with Crippen LogP contribution in [0.3, 0.4) is 0 Å². The van der Waals surface area contributed by atoms with E-state index < -0.39 is 0 Å². The predicted octanol–water partition coefficient (Wildman–Crippen LogP) is 3.12. The zero-order valence-corrected chi connectivity index (χ0v) is 19.7. The third kappa shape index (κ3) is 4.35. The summed E-state index contributed by atoms with van der Waals surface area (Å²) in [5.41, 5.74) is 2.23. The Balaban J connectivity index is 1.25. The van der Waals surface area contributed by atoms with Crippen molar-refractivity contribution in [2.45, 2.75) is 25.4 Å². The van der Waals surface area contributed by atoms with Crippen LogP contribution in [0.15, 0.2) is 65.5 Å². The minimum absolute atomic E-state index is 0.0468. The van der Waals surface area contributed by atoms with Crippen LogP contribution in [0.5, 0.6) is 5.75 Å². The lowest BCUT2D eigenvalue weighted by Gasteiger charge is -2.32. The molecule has 5 rings (SSSR count). The maximum absolute atomic E-state index is 13.2. The summed E-state index contributed by atoms with van der Waals surface area (Å²) in [7, 11) is 1.48. The second-order valence-corrected chi connectivity index (χ2v) is 8.83. The fraction of sp³-hybridized carbons (Fsp3) is 0.259. The van der Waals surface area contributed by atoms with E-state index in [2.05, 4.69) is 5.32 Å². The molecule has 2 aromatic carbocycles. The fourth-order valence-corrected chi connectivity index (χ4v) is 4.66. The summed E-state index contributed by atoms with van der Waals surface area (Å²) in [6, 6.07) is 13.3. The van der Waals surface area contributed by atoms with Gasteiger partial charge >= 0.3 is 0 Å². The van der Waals surface area contributed by atoms with Crippen molar-refractivity contribution in [1.29, 1.82) is 0 Å². The van der Waals surface area contributed by atoms with Crippen molar-refractivity contribution < 1.29 is 28.3 Å². The summed E-state index contributed by atoms with van der Waals surface area (Å²) in [5.74, 6) is -0.707. The van der Waals surface area contributed by atoms with E-state index >= 15 is 0 Å². The SMILES string of the molecule is COc1ccc(CN2C(=O)c3ccccc3C2=O)cc1C(=O)NC1CCN(C(=O)c2ccoc2)CC1. The van der Waals surface area contributed by atoms with E-state index in [-0.39, 0.29) is 36.2 Å². The number of benzene rings is 2. The Morgan fingerprint density at radius 2 is 1.72 bits per heavy atom. The largest absolute Gasteiger partial charge is 0.496 e. The van der Waals surface area contributed by atoms with Crippen LogP contribution in [0, 0.1) is 0 Å². The molecule has 1 N–H and O–H groups in total. The lowest BCUT2D eigenvalue weighted by molar-refractivity contribution is 0.0640. The Kier molecular flexibility index (Phi) is 6.28. The van der Waals surface area contributed by atoms with Gasteiger partial charge in [-0.1, -0.05) is 18.2 Å². The van der Waals surface area contributed by atoms with Gasteiger partial charge in [0.1, 0.15) is 12.0 Å². The number of nitrogens with one attached hydrogen (secondary N) is 1. The normalized spacial score (nSPS) is 15.7. The highest BCUT2D eigenvalue weighted by atomic mass is 16.5. The van der Waals surface area contributed by atoms with Crippen LogP contribution in [0.1, 0.15) is 59.8 Å². The van der Waals surface area contributed by atoms with Crippen molar-refractivity contribution in [1.82, 2.24) is 15.1 Å². The van der Waals surface area contributed by atoms with E-state index in [4.69, 9.17) is 9.15 Å². The lowest BCUT2D eigenvalue weighted by Crippen LogP contribution is -2.46. The number of hydrogen-bond donors (Lipinski definition) is 1. The number of imide groups is 1. The van der Waals surface area contributed by atoms with Crippen LogP contribution in [0.4, 0.5) is 0 Å². The molecule has 0 bridgehead atoms. The van der Waals surface area contributed by atoms with Gasteiger partial charge in [0.2, 0.25) is 0 Å². The van der Waals surface area contributed by atoms with Crippen molar-refractivity contribution in [2.75, 3.05) is 20.2 Å². The van der Waals surface area contributed by atoms with E-state index in [9.17, 15) is 19.2 Å². The molecule has 2 aliphatic heterocycles. The number of amides is 4. The molecule has 0 aliphatic carbocycles. The Hall–Kier alpha value is -4.40. The molecular weight excluding hydrogens is 462 g/mol. The third-order valence-corrected chi connectivity index (χ3v) is 6.61. The summed E-state index contributed by atoms with van der Waals surface area (Å²) in [6.45, 7) is 1.09. The molecule has 3 heterocycles. The molecule has 2 aliphatic rings. The highest BCUT2D eigenvalue weighted by Gasteiger charge is 2.35. The van der Waals surface area contributed by atoms with Gasteiger partial charge in [0.25, 0.3) is 23.6 Å². The van der Waals surface area contributed by atoms with Crippen molar-refractivity contribution in [3.8, 4) is 5.75 Å². The number of fused-ring (bicyclic) bond motifs is 1. The van der Waals surface area contributed by atoms with Crippen LogP contribution in [-0.4, -0.2) is 59.7 Å². The molecule has 4 amide bonds. The van der Waals surface area contributed by atoms with Crippen LogP contribution >= 0.6 is 0 Å². The first-order valence-electron chi connectivity index (χ1n) is 11.7. The van der Waals surface area contributed by atoms with Crippen molar-refractivity contribution in [3.63, 3.8) is 0 Å². The van der Waals surface area contributed by atoms with Gasteiger partial charge in [0.15, 0.2) is 0 Å². The Morgan fingerprint density at radius 1 is 1.03 bits per heavy atom. The summed E-state index contributed by atoms with van der Waals surface area (Å²) in [6.07, 6.45) is 4.13. The number of furan rings is 1. The molecule has 0 atom stereocenters. The summed E-state index contributed by atoms with van der Waals surface area (Å²) < 4.78 is 10.4. The molecule has 1 saturated heterocycles. The highest BCUT2D eigenvalue weighted by Crippen LogP contribution is 2.27. The van der Waals surface area contributed by atoms with E-state index in [1.165, 1.54) is 24.5 Å². The predicted molar refractivity (Wildman–Crippen MR) is 129 cm³/mol. The van der Waals surface area contributed by atoms with E-state index in [0.717, 1.165) is 0 Å². The van der Waals surface area contributed by atoms with Gasteiger partial charge in [0.05, 0.1) is 42.2 Å². The number of nitrogens with zero attached hydrogens (tertiary/aromatic N) is 2. The minimum Gasteiger partial charge on any atom is -0.496 e. The van der Waals surface area contributed by atoms with Gasteiger partial charge in [-0.2, -0.15) is 0 Å². The monoisotopic (exact) mass is 487 g/mol. The van der Waals surface area contributed by atoms with Gasteiger partial charge in [0, 0.05) is 19.1 Å².